The summed E-state index contributed by atoms with van der Waals surface area (Å²) >= 11 is 0. The van der Waals surface area contributed by atoms with Crippen LogP contribution >= 0.6 is 0 Å². The Morgan fingerprint density at radius 2 is 2.27 bits per heavy atom. The van der Waals surface area contributed by atoms with Crippen LogP contribution < -0.4 is 5.90 Å². The first-order chi connectivity index (χ1) is 5.24. The van der Waals surface area contributed by atoms with E-state index in [1.165, 1.54) is 12.1 Å². The molecular weight excluding hydrogens is 149 g/mol. The van der Waals surface area contributed by atoms with Gasteiger partial charge in [-0.2, -0.15) is 0 Å². The molecule has 0 aliphatic carbocycles. The van der Waals surface area contributed by atoms with Crippen molar-refractivity contribution < 1.29 is 14.3 Å². The minimum absolute atomic E-state index is 0.0755. The Morgan fingerprint density at radius 1 is 1.55 bits per heavy atom. The number of aromatic hydroxyl groups is 1. The van der Waals surface area contributed by atoms with Crippen molar-refractivity contribution in [1.29, 1.82) is 0 Å². The van der Waals surface area contributed by atoms with Crippen LogP contribution in [0.15, 0.2) is 18.2 Å². The highest BCUT2D eigenvalue weighted by molar-refractivity contribution is 5.31. The molecule has 0 aliphatic heterocycles. The second-order valence-electron chi connectivity index (χ2n) is 2.08. The summed E-state index contributed by atoms with van der Waals surface area (Å²) in [5.74, 6) is 4.14. The monoisotopic (exact) mass is 157 g/mol. The van der Waals surface area contributed by atoms with E-state index >= 15 is 0 Å². The molecule has 1 rings (SSSR count). The molecule has 60 valence electrons. The Hall–Kier alpha value is -1.13. The van der Waals surface area contributed by atoms with Crippen LogP contribution in [0.5, 0.6) is 5.75 Å². The van der Waals surface area contributed by atoms with E-state index in [-0.39, 0.29) is 12.4 Å². The third-order valence-corrected chi connectivity index (χ3v) is 1.29. The molecule has 0 heterocycles. The van der Waals surface area contributed by atoms with Gasteiger partial charge in [-0.1, -0.05) is 6.07 Å². The van der Waals surface area contributed by atoms with E-state index in [1.54, 1.807) is 0 Å². The first-order valence-electron chi connectivity index (χ1n) is 3.03. The number of nitrogens with two attached hydrogens (primary N) is 1. The van der Waals surface area contributed by atoms with Crippen molar-refractivity contribution in [2.45, 2.75) is 6.61 Å². The molecule has 11 heavy (non-hydrogen) atoms. The Bertz CT molecular complexity index is 252. The normalized spacial score (nSPS) is 10.0. The summed E-state index contributed by atoms with van der Waals surface area (Å²) in [6, 6.07) is 3.65. The summed E-state index contributed by atoms with van der Waals surface area (Å²) in [6.45, 7) is 0.0755. The lowest BCUT2D eigenvalue weighted by Crippen LogP contribution is -1.99. The van der Waals surface area contributed by atoms with E-state index in [1.807, 2.05) is 0 Å². The molecule has 3 nitrogen and oxygen atoms in total. The molecule has 0 amide bonds. The van der Waals surface area contributed by atoms with Crippen molar-refractivity contribution in [2.75, 3.05) is 0 Å². The van der Waals surface area contributed by atoms with Crippen molar-refractivity contribution in [2.24, 2.45) is 5.90 Å². The number of phenols is 1. The van der Waals surface area contributed by atoms with Crippen molar-refractivity contribution in [3.8, 4) is 5.75 Å². The molecule has 0 aromatic heterocycles. The van der Waals surface area contributed by atoms with E-state index < -0.39 is 5.82 Å². The van der Waals surface area contributed by atoms with E-state index in [2.05, 4.69) is 4.84 Å². The van der Waals surface area contributed by atoms with Gasteiger partial charge in [0.1, 0.15) is 11.6 Å². The highest BCUT2D eigenvalue weighted by Gasteiger charge is 2.00. The largest absolute Gasteiger partial charge is 0.507 e. The second-order valence-corrected chi connectivity index (χ2v) is 2.08. The molecule has 0 saturated heterocycles. The molecule has 4 heteroatoms. The Kier molecular flexibility index (Phi) is 2.40. The van der Waals surface area contributed by atoms with Crippen LogP contribution in [0, 0.1) is 5.82 Å². The average molecular weight is 157 g/mol. The van der Waals surface area contributed by atoms with Crippen LogP contribution in [0.2, 0.25) is 0 Å². The van der Waals surface area contributed by atoms with Crippen molar-refractivity contribution >= 4 is 0 Å². The number of halogens is 1. The van der Waals surface area contributed by atoms with Gasteiger partial charge in [0.25, 0.3) is 0 Å². The summed E-state index contributed by atoms with van der Waals surface area (Å²) in [7, 11) is 0. The molecule has 0 unspecified atom stereocenters. The first kappa shape index (κ1) is 7.97. The van der Waals surface area contributed by atoms with Gasteiger partial charge in [-0.3, -0.25) is 4.84 Å². The third-order valence-electron chi connectivity index (χ3n) is 1.29. The lowest BCUT2D eigenvalue weighted by Gasteiger charge is -2.01. The van der Waals surface area contributed by atoms with Gasteiger partial charge in [0.2, 0.25) is 0 Å². The van der Waals surface area contributed by atoms with E-state index in [0.29, 0.717) is 5.56 Å². The highest BCUT2D eigenvalue weighted by Crippen LogP contribution is 2.17. The summed E-state index contributed by atoms with van der Waals surface area (Å²) in [5.41, 5.74) is 0.467. The molecule has 3 N–H and O–H groups in total. The third kappa shape index (κ3) is 1.89. The summed E-state index contributed by atoms with van der Waals surface area (Å²) in [4.78, 5) is 4.27. The molecule has 0 fully saturated rings. The lowest BCUT2D eigenvalue weighted by atomic mass is 10.2. The Labute approximate surface area is 63.2 Å². The van der Waals surface area contributed by atoms with Gasteiger partial charge in [0.15, 0.2) is 0 Å². The molecule has 0 radical (unpaired) electrons. The van der Waals surface area contributed by atoms with Gasteiger partial charge >= 0.3 is 0 Å². The molecule has 0 saturated carbocycles. The smallest absolute Gasteiger partial charge is 0.126 e. The predicted octanol–water partition coefficient (Wildman–Crippen LogP) is 0.922. The summed E-state index contributed by atoms with van der Waals surface area (Å²) < 4.78 is 12.4. The molecule has 1 aromatic rings. The highest BCUT2D eigenvalue weighted by atomic mass is 19.1. The zero-order chi connectivity index (χ0) is 8.27. The SMILES string of the molecule is NOCc1ccc(F)cc1O. The minimum atomic E-state index is -0.483. The number of hydrogen-bond acceptors (Lipinski definition) is 3. The molecule has 0 atom stereocenters. The van der Waals surface area contributed by atoms with Crippen LogP contribution in [0.3, 0.4) is 0 Å². The van der Waals surface area contributed by atoms with E-state index in [4.69, 9.17) is 11.0 Å². The summed E-state index contributed by atoms with van der Waals surface area (Å²) in [5, 5.41) is 9.05. The van der Waals surface area contributed by atoms with Gasteiger partial charge in [-0.05, 0) is 6.07 Å². The molecular formula is C7H8FNO2. The maximum atomic E-state index is 12.4. The topological polar surface area (TPSA) is 55.5 Å². The second kappa shape index (κ2) is 3.32. The predicted molar refractivity (Wildman–Crippen MR) is 37.0 cm³/mol. The zero-order valence-electron chi connectivity index (χ0n) is 5.75. The Balaban J connectivity index is 2.90. The van der Waals surface area contributed by atoms with Crippen molar-refractivity contribution in [3.63, 3.8) is 0 Å². The minimum Gasteiger partial charge on any atom is -0.507 e. The number of hydrogen-bond donors (Lipinski definition) is 2. The fourth-order valence-corrected chi connectivity index (χ4v) is 0.749. The fraction of sp³-hybridized carbons (Fsp3) is 0.143. The zero-order valence-corrected chi connectivity index (χ0v) is 5.75. The fourth-order valence-electron chi connectivity index (χ4n) is 0.749. The van der Waals surface area contributed by atoms with Crippen LogP contribution in [-0.4, -0.2) is 5.11 Å². The quantitative estimate of drug-likeness (QED) is 0.627. The van der Waals surface area contributed by atoms with Gasteiger partial charge < -0.3 is 5.11 Å². The van der Waals surface area contributed by atoms with E-state index in [9.17, 15) is 4.39 Å². The number of phenolic OH excluding ortho intramolecular Hbond substituents is 1. The van der Waals surface area contributed by atoms with Gasteiger partial charge in [-0.15, -0.1) is 0 Å². The van der Waals surface area contributed by atoms with Crippen LogP contribution in [-0.2, 0) is 11.4 Å². The van der Waals surface area contributed by atoms with Crippen molar-refractivity contribution in [3.05, 3.63) is 29.6 Å². The van der Waals surface area contributed by atoms with Gasteiger partial charge in [-0.25, -0.2) is 10.3 Å². The van der Waals surface area contributed by atoms with Gasteiger partial charge in [0, 0.05) is 11.6 Å². The van der Waals surface area contributed by atoms with Crippen LogP contribution in [0.25, 0.3) is 0 Å². The average Bonchev–Trinajstić information content (AvgIpc) is 1.95. The lowest BCUT2D eigenvalue weighted by molar-refractivity contribution is 0.122. The standard InChI is InChI=1S/C7H8FNO2/c8-6-2-1-5(4-11-9)7(10)3-6/h1-3,10H,4,9H2. The molecule has 0 bridgehead atoms. The Morgan fingerprint density at radius 3 is 2.82 bits per heavy atom. The molecule has 1 aromatic carbocycles. The molecule has 0 aliphatic rings. The maximum absolute atomic E-state index is 12.4. The van der Waals surface area contributed by atoms with E-state index in [0.717, 1.165) is 6.07 Å². The number of benzene rings is 1. The van der Waals surface area contributed by atoms with Crippen molar-refractivity contribution in [1.82, 2.24) is 0 Å². The maximum Gasteiger partial charge on any atom is 0.126 e. The molecule has 0 spiro atoms. The first-order valence-corrected chi connectivity index (χ1v) is 3.03. The summed E-state index contributed by atoms with van der Waals surface area (Å²) in [6.07, 6.45) is 0. The van der Waals surface area contributed by atoms with Crippen LogP contribution in [0.4, 0.5) is 4.39 Å². The van der Waals surface area contributed by atoms with Gasteiger partial charge in [0.05, 0.1) is 6.61 Å². The number of rotatable bonds is 2. The van der Waals surface area contributed by atoms with Crippen LogP contribution in [0.1, 0.15) is 5.56 Å².